The fourth-order valence-electron chi connectivity index (χ4n) is 5.77. The summed E-state index contributed by atoms with van der Waals surface area (Å²) in [4.78, 5) is 13.5. The number of benzene rings is 2. The van der Waals surface area contributed by atoms with E-state index < -0.39 is 5.97 Å². The van der Waals surface area contributed by atoms with E-state index in [0.29, 0.717) is 31.1 Å². The Balaban J connectivity index is 1.34. The lowest BCUT2D eigenvalue weighted by atomic mass is 9.93. The number of aliphatic carboxylic acids is 1. The Labute approximate surface area is 211 Å². The molecule has 0 bridgehead atoms. The molecule has 3 unspecified atom stereocenters. The lowest BCUT2D eigenvalue weighted by Gasteiger charge is -2.37. The van der Waals surface area contributed by atoms with Crippen LogP contribution in [0.1, 0.15) is 68.9 Å². The summed E-state index contributed by atoms with van der Waals surface area (Å²) in [6.45, 7) is 5.23. The van der Waals surface area contributed by atoms with Crippen LogP contribution in [0.25, 0.3) is 11.1 Å². The zero-order valence-electron chi connectivity index (χ0n) is 21.2. The Morgan fingerprint density at radius 2 is 1.60 bits per heavy atom. The van der Waals surface area contributed by atoms with E-state index in [1.807, 2.05) is 6.08 Å². The third kappa shape index (κ3) is 7.52. The van der Waals surface area contributed by atoms with Gasteiger partial charge in [0.2, 0.25) is 0 Å². The lowest BCUT2D eigenvalue weighted by Crippen LogP contribution is -2.43. The molecule has 0 aromatic heterocycles. The van der Waals surface area contributed by atoms with Crippen LogP contribution < -0.4 is 0 Å². The monoisotopic (exact) mass is 475 g/mol. The maximum Gasteiger partial charge on any atom is 0.303 e. The minimum atomic E-state index is -0.726. The molecule has 1 heterocycles. The van der Waals surface area contributed by atoms with Crippen molar-refractivity contribution in [1.29, 1.82) is 0 Å². The molecule has 3 atom stereocenters. The number of hydrogen-bond donors (Lipinski definition) is 1. The van der Waals surface area contributed by atoms with Gasteiger partial charge in [0, 0.05) is 18.4 Å². The molecule has 2 aromatic carbocycles. The number of rotatable bonds is 11. The van der Waals surface area contributed by atoms with E-state index in [4.69, 9.17) is 9.84 Å². The number of carboxylic acids is 1. The molecule has 1 N–H and O–H groups in total. The molecule has 1 saturated carbocycles. The molecule has 2 fully saturated rings. The average molecular weight is 476 g/mol. The summed E-state index contributed by atoms with van der Waals surface area (Å²) in [6.07, 6.45) is 13.8. The maximum atomic E-state index is 10.7. The van der Waals surface area contributed by atoms with Gasteiger partial charge in [-0.2, -0.15) is 0 Å². The third-order valence-corrected chi connectivity index (χ3v) is 7.74. The summed E-state index contributed by atoms with van der Waals surface area (Å²) in [5.74, 6) is -0.181. The van der Waals surface area contributed by atoms with Crippen LogP contribution >= 0.6 is 0 Å². The molecule has 188 valence electrons. The molecule has 4 rings (SSSR count). The van der Waals surface area contributed by atoms with Crippen LogP contribution in [0.15, 0.2) is 60.7 Å². The topological polar surface area (TPSA) is 49.8 Å². The summed E-state index contributed by atoms with van der Waals surface area (Å²) in [6, 6.07) is 18.1. The number of piperidine rings is 1. The van der Waals surface area contributed by atoms with Crippen molar-refractivity contribution in [3.63, 3.8) is 0 Å². The van der Waals surface area contributed by atoms with Crippen LogP contribution in [0.3, 0.4) is 0 Å². The third-order valence-electron chi connectivity index (χ3n) is 7.74. The molecule has 1 aliphatic carbocycles. The predicted molar refractivity (Wildman–Crippen MR) is 142 cm³/mol. The van der Waals surface area contributed by atoms with Crippen LogP contribution in [0.5, 0.6) is 0 Å². The van der Waals surface area contributed by atoms with Gasteiger partial charge in [0.15, 0.2) is 0 Å². The second-order valence-corrected chi connectivity index (χ2v) is 10.3. The highest BCUT2D eigenvalue weighted by Gasteiger charge is 2.39. The number of nitrogens with zero attached hydrogens (tertiary/aromatic N) is 1. The van der Waals surface area contributed by atoms with Crippen LogP contribution in [0, 0.1) is 12.8 Å². The molecule has 4 nitrogen and oxygen atoms in total. The summed E-state index contributed by atoms with van der Waals surface area (Å²) >= 11 is 0. The summed E-state index contributed by atoms with van der Waals surface area (Å²) in [5.41, 5.74) is 5.00. The molecule has 1 saturated heterocycles. The Morgan fingerprint density at radius 1 is 0.943 bits per heavy atom. The molecule has 2 aromatic rings. The molecule has 0 amide bonds. The fraction of sp³-hybridized carbons (Fsp3) is 0.516. The summed E-state index contributed by atoms with van der Waals surface area (Å²) < 4.78 is 6.57. The Morgan fingerprint density at radius 3 is 2.29 bits per heavy atom. The Hall–Kier alpha value is -2.43. The number of ether oxygens (including phenoxy) is 1. The zero-order valence-corrected chi connectivity index (χ0v) is 21.2. The summed E-state index contributed by atoms with van der Waals surface area (Å²) in [5, 5.41) is 8.84. The van der Waals surface area contributed by atoms with E-state index in [0.717, 1.165) is 19.3 Å². The van der Waals surface area contributed by atoms with Crippen LogP contribution in [-0.4, -0.2) is 41.2 Å². The molecular formula is C31H41NO3. The van der Waals surface area contributed by atoms with Gasteiger partial charge < -0.3 is 14.7 Å². The standard InChI is InChI=1S/C31H41NO3/c1-24-11-15-26(16-12-24)27-17-13-25(14-18-27)23-35-30-20-19-29(32-21-7-4-8-22-32)28(30)9-5-2-3-6-10-31(33)34/h2-3,11-18,28-30H,4-10,19-23H2,1H3,(H,33,34). The normalized spacial score (nSPS) is 23.2. The van der Waals surface area contributed by atoms with Gasteiger partial charge in [-0.25, -0.2) is 0 Å². The number of carbonyl (C=O) groups is 1. The second-order valence-electron chi connectivity index (χ2n) is 10.3. The number of likely N-dealkylation sites (tertiary alicyclic amines) is 1. The van der Waals surface area contributed by atoms with Crippen LogP contribution in [0.2, 0.25) is 0 Å². The van der Waals surface area contributed by atoms with Crippen molar-refractivity contribution in [2.75, 3.05) is 13.1 Å². The Bertz CT molecular complexity index is 944. The second kappa shape index (κ2) is 13.0. The number of allylic oxidation sites excluding steroid dienone is 2. The van der Waals surface area contributed by atoms with Gasteiger partial charge in [-0.15, -0.1) is 0 Å². The van der Waals surface area contributed by atoms with Crippen molar-refractivity contribution in [2.24, 2.45) is 5.92 Å². The first kappa shape index (κ1) is 25.7. The number of aryl methyl sites for hydroxylation is 1. The molecule has 0 spiro atoms. The molecule has 2 aliphatic rings. The first-order valence-electron chi connectivity index (χ1n) is 13.5. The summed E-state index contributed by atoms with van der Waals surface area (Å²) in [7, 11) is 0. The van der Waals surface area contributed by atoms with Gasteiger partial charge >= 0.3 is 5.97 Å². The van der Waals surface area contributed by atoms with E-state index in [1.165, 1.54) is 61.0 Å². The quantitative estimate of drug-likeness (QED) is 0.355. The lowest BCUT2D eigenvalue weighted by molar-refractivity contribution is -0.136. The van der Waals surface area contributed by atoms with Gasteiger partial charge in [-0.05, 0) is 81.6 Å². The first-order valence-corrected chi connectivity index (χ1v) is 13.5. The van der Waals surface area contributed by atoms with Gasteiger partial charge in [-0.1, -0.05) is 72.7 Å². The zero-order chi connectivity index (χ0) is 24.5. The SMILES string of the molecule is Cc1ccc(-c2ccc(COC3CCC(N4CCCCC4)C3CCC=CCCC(=O)O)cc2)cc1. The van der Waals surface area contributed by atoms with E-state index >= 15 is 0 Å². The molecular weight excluding hydrogens is 434 g/mol. The van der Waals surface area contributed by atoms with Crippen molar-refractivity contribution < 1.29 is 14.6 Å². The molecule has 0 radical (unpaired) electrons. The molecule has 4 heteroatoms. The number of hydrogen-bond acceptors (Lipinski definition) is 3. The highest BCUT2D eigenvalue weighted by molar-refractivity contribution is 5.66. The minimum Gasteiger partial charge on any atom is -0.481 e. The van der Waals surface area contributed by atoms with Gasteiger partial charge in [-0.3, -0.25) is 4.79 Å². The average Bonchev–Trinajstić information content (AvgIpc) is 3.28. The van der Waals surface area contributed by atoms with Crippen LogP contribution in [0.4, 0.5) is 0 Å². The van der Waals surface area contributed by atoms with Crippen molar-refractivity contribution in [1.82, 2.24) is 4.90 Å². The van der Waals surface area contributed by atoms with E-state index in [2.05, 4.69) is 66.4 Å². The van der Waals surface area contributed by atoms with Gasteiger partial charge in [0.25, 0.3) is 0 Å². The van der Waals surface area contributed by atoms with Gasteiger partial charge in [0.05, 0.1) is 12.7 Å². The largest absolute Gasteiger partial charge is 0.481 e. The fourth-order valence-corrected chi connectivity index (χ4v) is 5.77. The van der Waals surface area contributed by atoms with Gasteiger partial charge in [0.1, 0.15) is 0 Å². The van der Waals surface area contributed by atoms with Crippen molar-refractivity contribution >= 4 is 5.97 Å². The maximum absolute atomic E-state index is 10.7. The molecule has 1 aliphatic heterocycles. The highest BCUT2D eigenvalue weighted by atomic mass is 16.5. The van der Waals surface area contributed by atoms with Crippen molar-refractivity contribution in [3.8, 4) is 11.1 Å². The Kier molecular flexibility index (Phi) is 9.56. The molecule has 35 heavy (non-hydrogen) atoms. The first-order chi connectivity index (χ1) is 17.1. The number of carboxylic acid groups (broad SMARTS) is 1. The van der Waals surface area contributed by atoms with Crippen molar-refractivity contribution in [3.05, 3.63) is 71.8 Å². The highest BCUT2D eigenvalue weighted by Crippen LogP contribution is 2.37. The van der Waals surface area contributed by atoms with E-state index in [1.54, 1.807) is 0 Å². The smallest absolute Gasteiger partial charge is 0.303 e. The minimum absolute atomic E-state index is 0.213. The van der Waals surface area contributed by atoms with E-state index in [9.17, 15) is 4.79 Å². The predicted octanol–water partition coefficient (Wildman–Crippen LogP) is 7.01. The van der Waals surface area contributed by atoms with E-state index in [-0.39, 0.29) is 6.42 Å². The van der Waals surface area contributed by atoms with Crippen LogP contribution in [-0.2, 0) is 16.1 Å². The van der Waals surface area contributed by atoms with Crippen molar-refractivity contribution in [2.45, 2.75) is 83.5 Å².